The molecule has 0 unspecified atom stereocenters. The van der Waals surface area contributed by atoms with Gasteiger partial charge in [-0.05, 0) is 6.07 Å². The Morgan fingerprint density at radius 3 is 2.89 bits per heavy atom. The lowest BCUT2D eigenvalue weighted by molar-refractivity contribution is -0.118. The van der Waals surface area contributed by atoms with Gasteiger partial charge in [0.2, 0.25) is 10.0 Å². The first kappa shape index (κ1) is 13.1. The summed E-state index contributed by atoms with van der Waals surface area (Å²) in [5, 5.41) is 2.58. The Kier molecular flexibility index (Phi) is 3.47. The molecule has 0 aliphatic carbocycles. The Balaban J connectivity index is 2.49. The Labute approximate surface area is 109 Å². The van der Waals surface area contributed by atoms with Crippen LogP contribution in [-0.2, 0) is 14.8 Å². The zero-order valence-electron chi connectivity index (χ0n) is 9.49. The molecule has 98 valence electrons. The fraction of sp³-hybridized carbons (Fsp3) is 0.300. The van der Waals surface area contributed by atoms with E-state index in [1.54, 1.807) is 6.92 Å². The maximum absolute atomic E-state index is 11.9. The molecule has 2 N–H and O–H groups in total. The first-order chi connectivity index (χ1) is 8.44. The molecule has 1 heterocycles. The van der Waals surface area contributed by atoms with Gasteiger partial charge in [-0.25, -0.2) is 13.1 Å². The number of amides is 1. The van der Waals surface area contributed by atoms with Crippen molar-refractivity contribution < 1.29 is 17.9 Å². The van der Waals surface area contributed by atoms with Crippen LogP contribution in [0.5, 0.6) is 5.75 Å². The molecule has 0 spiro atoms. The molecule has 0 bridgehead atoms. The largest absolute Gasteiger partial charge is 0.482 e. The quantitative estimate of drug-likeness (QED) is 0.869. The van der Waals surface area contributed by atoms with E-state index in [2.05, 4.69) is 10.0 Å². The summed E-state index contributed by atoms with van der Waals surface area (Å²) >= 11 is 5.90. The number of sulfonamides is 1. The number of carbonyl (C=O) groups is 1. The van der Waals surface area contributed by atoms with Gasteiger partial charge in [-0.2, -0.15) is 0 Å². The van der Waals surface area contributed by atoms with Crippen LogP contribution in [0.1, 0.15) is 6.92 Å². The first-order valence-electron chi connectivity index (χ1n) is 5.20. The number of hydrogen-bond acceptors (Lipinski definition) is 4. The molecule has 8 heteroatoms. The SMILES string of the molecule is CCNS(=O)(=O)c1cc2c(cc1Cl)NC(=O)CO2. The Morgan fingerprint density at radius 1 is 1.50 bits per heavy atom. The van der Waals surface area contributed by atoms with Crippen molar-refractivity contribution >= 4 is 33.2 Å². The summed E-state index contributed by atoms with van der Waals surface area (Å²) in [6.45, 7) is 1.78. The van der Waals surface area contributed by atoms with Gasteiger partial charge in [0.15, 0.2) is 6.61 Å². The van der Waals surface area contributed by atoms with Gasteiger partial charge in [0.05, 0.1) is 10.7 Å². The fourth-order valence-electron chi connectivity index (χ4n) is 1.56. The second-order valence-electron chi connectivity index (χ2n) is 3.62. The molecule has 0 fully saturated rings. The van der Waals surface area contributed by atoms with Gasteiger partial charge in [0, 0.05) is 12.6 Å². The molecule has 1 aliphatic heterocycles. The highest BCUT2D eigenvalue weighted by molar-refractivity contribution is 7.89. The van der Waals surface area contributed by atoms with Crippen LogP contribution in [0.2, 0.25) is 5.02 Å². The Hall–Kier alpha value is -1.31. The molecule has 1 aromatic carbocycles. The van der Waals surface area contributed by atoms with Crippen LogP contribution < -0.4 is 14.8 Å². The Bertz CT molecular complexity index is 600. The van der Waals surface area contributed by atoms with Crippen LogP contribution in [0.25, 0.3) is 0 Å². The number of hydrogen-bond donors (Lipinski definition) is 2. The van der Waals surface area contributed by atoms with Crippen molar-refractivity contribution in [3.63, 3.8) is 0 Å². The zero-order valence-corrected chi connectivity index (χ0v) is 11.1. The molecular weight excluding hydrogens is 280 g/mol. The predicted molar refractivity (Wildman–Crippen MR) is 66.4 cm³/mol. The second-order valence-corrected chi connectivity index (χ2v) is 5.76. The van der Waals surface area contributed by atoms with E-state index in [0.717, 1.165) is 0 Å². The molecule has 0 saturated carbocycles. The lowest BCUT2D eigenvalue weighted by atomic mass is 10.2. The van der Waals surface area contributed by atoms with Crippen LogP contribution in [0.4, 0.5) is 5.69 Å². The fourth-order valence-corrected chi connectivity index (χ4v) is 3.14. The second kappa shape index (κ2) is 4.75. The number of halogens is 1. The molecule has 1 amide bonds. The first-order valence-corrected chi connectivity index (χ1v) is 7.06. The third-order valence-corrected chi connectivity index (χ3v) is 4.30. The van der Waals surface area contributed by atoms with E-state index in [-0.39, 0.29) is 34.7 Å². The number of anilines is 1. The van der Waals surface area contributed by atoms with Gasteiger partial charge in [0.25, 0.3) is 5.91 Å². The highest BCUT2D eigenvalue weighted by atomic mass is 35.5. The van der Waals surface area contributed by atoms with E-state index in [1.165, 1.54) is 12.1 Å². The number of nitrogens with one attached hydrogen (secondary N) is 2. The normalized spacial score (nSPS) is 14.7. The minimum absolute atomic E-state index is 0.0282. The van der Waals surface area contributed by atoms with Crippen molar-refractivity contribution in [2.75, 3.05) is 18.5 Å². The van der Waals surface area contributed by atoms with Crippen molar-refractivity contribution in [1.29, 1.82) is 0 Å². The van der Waals surface area contributed by atoms with Gasteiger partial charge in [-0.3, -0.25) is 4.79 Å². The maximum atomic E-state index is 11.9. The molecule has 1 aromatic rings. The summed E-state index contributed by atoms with van der Waals surface area (Å²) in [5.74, 6) is -0.0173. The van der Waals surface area contributed by atoms with E-state index in [1.807, 2.05) is 0 Å². The topological polar surface area (TPSA) is 84.5 Å². The van der Waals surface area contributed by atoms with Crippen LogP contribution in [0.3, 0.4) is 0 Å². The van der Waals surface area contributed by atoms with Crippen molar-refractivity contribution in [3.8, 4) is 5.75 Å². The van der Waals surface area contributed by atoms with E-state index in [0.29, 0.717) is 5.69 Å². The molecule has 18 heavy (non-hydrogen) atoms. The van der Waals surface area contributed by atoms with Gasteiger partial charge in [-0.1, -0.05) is 18.5 Å². The lowest BCUT2D eigenvalue weighted by Crippen LogP contribution is -2.27. The third kappa shape index (κ3) is 2.43. The van der Waals surface area contributed by atoms with Crippen molar-refractivity contribution in [2.24, 2.45) is 0 Å². The van der Waals surface area contributed by atoms with E-state index < -0.39 is 10.0 Å². The van der Waals surface area contributed by atoms with E-state index in [9.17, 15) is 13.2 Å². The summed E-state index contributed by atoms with van der Waals surface area (Å²) in [7, 11) is -3.66. The third-order valence-electron chi connectivity index (χ3n) is 2.29. The van der Waals surface area contributed by atoms with E-state index >= 15 is 0 Å². The number of rotatable bonds is 3. The zero-order chi connectivity index (χ0) is 13.3. The summed E-state index contributed by atoms with van der Waals surface area (Å²) in [6, 6.07) is 2.66. The van der Waals surface area contributed by atoms with Crippen LogP contribution in [0, 0.1) is 0 Å². The molecule has 1 aliphatic rings. The molecule has 6 nitrogen and oxygen atoms in total. The standard InChI is InChI=1S/C10H11ClN2O4S/c1-2-12-18(15,16)9-4-8-7(3-6(9)11)13-10(14)5-17-8/h3-4,12H,2,5H2,1H3,(H,13,14). The van der Waals surface area contributed by atoms with Crippen molar-refractivity contribution in [1.82, 2.24) is 4.72 Å². The lowest BCUT2D eigenvalue weighted by Gasteiger charge is -2.19. The van der Waals surface area contributed by atoms with Crippen LogP contribution >= 0.6 is 11.6 Å². The highest BCUT2D eigenvalue weighted by Gasteiger charge is 2.23. The van der Waals surface area contributed by atoms with Crippen LogP contribution in [0.15, 0.2) is 17.0 Å². The number of ether oxygens (including phenoxy) is 1. The van der Waals surface area contributed by atoms with E-state index in [4.69, 9.17) is 16.3 Å². The minimum Gasteiger partial charge on any atom is -0.482 e. The smallest absolute Gasteiger partial charge is 0.262 e. The van der Waals surface area contributed by atoms with Crippen molar-refractivity contribution in [2.45, 2.75) is 11.8 Å². The van der Waals surface area contributed by atoms with Crippen molar-refractivity contribution in [3.05, 3.63) is 17.2 Å². The Morgan fingerprint density at radius 2 is 2.22 bits per heavy atom. The summed E-state index contributed by atoms with van der Waals surface area (Å²) in [5.41, 5.74) is 0.367. The number of benzene rings is 1. The average molecular weight is 291 g/mol. The molecule has 0 aromatic heterocycles. The predicted octanol–water partition coefficient (Wildman–Crippen LogP) is 0.969. The van der Waals surface area contributed by atoms with Crippen LogP contribution in [-0.4, -0.2) is 27.5 Å². The highest BCUT2D eigenvalue weighted by Crippen LogP contribution is 2.35. The molecule has 0 radical (unpaired) electrons. The minimum atomic E-state index is -3.66. The number of fused-ring (bicyclic) bond motifs is 1. The maximum Gasteiger partial charge on any atom is 0.262 e. The summed E-state index contributed by atoms with van der Waals surface area (Å²) in [6.07, 6.45) is 0. The van der Waals surface area contributed by atoms with Gasteiger partial charge in [-0.15, -0.1) is 0 Å². The monoisotopic (exact) mass is 290 g/mol. The van der Waals surface area contributed by atoms with Gasteiger partial charge < -0.3 is 10.1 Å². The van der Waals surface area contributed by atoms with Gasteiger partial charge in [0.1, 0.15) is 10.6 Å². The summed E-state index contributed by atoms with van der Waals surface area (Å²) in [4.78, 5) is 11.0. The number of carbonyl (C=O) groups excluding carboxylic acids is 1. The summed E-state index contributed by atoms with van der Waals surface area (Å²) < 4.78 is 31.2. The molecule has 0 saturated heterocycles. The molecular formula is C10H11ClN2O4S. The molecule has 2 rings (SSSR count). The van der Waals surface area contributed by atoms with Gasteiger partial charge >= 0.3 is 0 Å². The average Bonchev–Trinajstić information content (AvgIpc) is 2.27. The molecule has 0 atom stereocenters.